The Hall–Kier alpha value is -1.75. The molecule has 0 saturated carbocycles. The van der Waals surface area contributed by atoms with Crippen LogP contribution < -0.4 is 4.90 Å². The smallest absolute Gasteiger partial charge is 0.151 e. The van der Waals surface area contributed by atoms with Gasteiger partial charge < -0.3 is 4.90 Å². The van der Waals surface area contributed by atoms with Crippen LogP contribution in [0.25, 0.3) is 11.3 Å². The van der Waals surface area contributed by atoms with E-state index < -0.39 is 0 Å². The fourth-order valence-corrected chi connectivity index (χ4v) is 1.98. The molecule has 0 aliphatic rings. The van der Waals surface area contributed by atoms with Gasteiger partial charge >= 0.3 is 0 Å². The third kappa shape index (κ3) is 3.61. The Morgan fingerprint density at radius 3 is 2.37 bits per heavy atom. The highest BCUT2D eigenvalue weighted by molar-refractivity contribution is 9.10. The Bertz CT molecular complexity index is 566. The van der Waals surface area contributed by atoms with Gasteiger partial charge in [0, 0.05) is 17.1 Å². The number of benzene rings is 1. The van der Waals surface area contributed by atoms with E-state index in [9.17, 15) is 4.79 Å². The molecule has 0 fully saturated rings. The highest BCUT2D eigenvalue weighted by Gasteiger charge is 2.06. The summed E-state index contributed by atoms with van der Waals surface area (Å²) in [6, 6.07) is 11.7. The second-order valence-electron chi connectivity index (χ2n) is 4.34. The summed E-state index contributed by atoms with van der Waals surface area (Å²) >= 11 is 3.40. The molecule has 0 aliphatic heterocycles. The van der Waals surface area contributed by atoms with E-state index in [0.29, 0.717) is 12.4 Å². The molecule has 2 rings (SSSR count). The van der Waals surface area contributed by atoms with Gasteiger partial charge in [0.25, 0.3) is 0 Å². The first kappa shape index (κ1) is 13.7. The summed E-state index contributed by atoms with van der Waals surface area (Å²) in [6.45, 7) is 1.90. The van der Waals surface area contributed by atoms with Gasteiger partial charge in [0.05, 0.1) is 12.2 Å². The van der Waals surface area contributed by atoms with Crippen LogP contribution in [0.1, 0.15) is 6.92 Å². The Morgan fingerprint density at radius 2 is 1.84 bits per heavy atom. The number of halogens is 1. The van der Waals surface area contributed by atoms with Gasteiger partial charge in [0.2, 0.25) is 0 Å². The van der Waals surface area contributed by atoms with Gasteiger partial charge in [-0.2, -0.15) is 0 Å². The third-order valence-electron chi connectivity index (χ3n) is 2.64. The van der Waals surface area contributed by atoms with E-state index in [1.165, 1.54) is 0 Å². The lowest BCUT2D eigenvalue weighted by Crippen LogP contribution is -2.24. The van der Waals surface area contributed by atoms with Crippen LogP contribution in [0.15, 0.2) is 40.9 Å². The first-order valence-electron chi connectivity index (χ1n) is 5.86. The largest absolute Gasteiger partial charge is 0.351 e. The highest BCUT2D eigenvalue weighted by atomic mass is 79.9. The third-order valence-corrected chi connectivity index (χ3v) is 3.17. The van der Waals surface area contributed by atoms with E-state index in [1.54, 1.807) is 11.8 Å². The molecule has 1 heterocycles. The van der Waals surface area contributed by atoms with Crippen molar-refractivity contribution in [3.8, 4) is 11.3 Å². The van der Waals surface area contributed by atoms with Crippen LogP contribution in [0.4, 0.5) is 5.82 Å². The standard InChI is InChI=1S/C14H14BrN3O/c1-10(19)9-18(2)14-8-7-13(16-17-14)11-3-5-12(15)6-4-11/h3-8H,9H2,1-2H3. The van der Waals surface area contributed by atoms with Gasteiger partial charge in [-0.1, -0.05) is 28.1 Å². The molecule has 0 amide bonds. The number of nitrogens with zero attached hydrogens (tertiary/aromatic N) is 3. The van der Waals surface area contributed by atoms with E-state index in [1.807, 2.05) is 43.4 Å². The summed E-state index contributed by atoms with van der Waals surface area (Å²) in [6.07, 6.45) is 0. The summed E-state index contributed by atoms with van der Waals surface area (Å²) < 4.78 is 1.03. The molecule has 5 heteroatoms. The van der Waals surface area contributed by atoms with Crippen LogP contribution in [-0.2, 0) is 4.79 Å². The number of carbonyl (C=O) groups excluding carboxylic acids is 1. The lowest BCUT2D eigenvalue weighted by molar-refractivity contribution is -0.115. The normalized spacial score (nSPS) is 10.3. The zero-order valence-electron chi connectivity index (χ0n) is 10.8. The predicted octanol–water partition coefficient (Wildman–Crippen LogP) is 2.93. The molecule has 0 radical (unpaired) electrons. The second kappa shape index (κ2) is 5.93. The fourth-order valence-electron chi connectivity index (χ4n) is 1.72. The first-order valence-corrected chi connectivity index (χ1v) is 6.66. The summed E-state index contributed by atoms with van der Waals surface area (Å²) in [5.41, 5.74) is 1.82. The quantitative estimate of drug-likeness (QED) is 0.869. The lowest BCUT2D eigenvalue weighted by Gasteiger charge is -2.15. The van der Waals surface area contributed by atoms with Crippen LogP contribution in [0, 0.1) is 0 Å². The van der Waals surface area contributed by atoms with E-state index in [-0.39, 0.29) is 5.78 Å². The first-order chi connectivity index (χ1) is 9.06. The Morgan fingerprint density at radius 1 is 1.16 bits per heavy atom. The van der Waals surface area contributed by atoms with E-state index in [0.717, 1.165) is 15.7 Å². The van der Waals surface area contributed by atoms with Crippen LogP contribution in [0.3, 0.4) is 0 Å². The molecule has 0 bridgehead atoms. The number of hydrogen-bond acceptors (Lipinski definition) is 4. The van der Waals surface area contributed by atoms with Gasteiger partial charge in [-0.05, 0) is 31.2 Å². The van der Waals surface area contributed by atoms with Crippen LogP contribution in [0.5, 0.6) is 0 Å². The average molecular weight is 320 g/mol. The Kier molecular flexibility index (Phi) is 4.27. The molecule has 0 unspecified atom stereocenters. The van der Waals surface area contributed by atoms with Gasteiger partial charge in [0.1, 0.15) is 5.78 Å². The Labute approximate surface area is 120 Å². The molecule has 0 aliphatic carbocycles. The number of anilines is 1. The maximum Gasteiger partial charge on any atom is 0.151 e. The summed E-state index contributed by atoms with van der Waals surface area (Å²) in [5.74, 6) is 0.789. The minimum Gasteiger partial charge on any atom is -0.351 e. The van der Waals surface area contributed by atoms with Crippen molar-refractivity contribution in [2.24, 2.45) is 0 Å². The minimum absolute atomic E-state index is 0.0984. The van der Waals surface area contributed by atoms with Gasteiger partial charge in [-0.15, -0.1) is 10.2 Å². The topological polar surface area (TPSA) is 46.1 Å². The number of likely N-dealkylation sites (N-methyl/N-ethyl adjacent to an activating group) is 1. The van der Waals surface area contributed by atoms with E-state index >= 15 is 0 Å². The maximum absolute atomic E-state index is 11.1. The number of rotatable bonds is 4. The predicted molar refractivity (Wildman–Crippen MR) is 79.1 cm³/mol. The van der Waals surface area contributed by atoms with Crippen molar-refractivity contribution in [3.63, 3.8) is 0 Å². The number of aromatic nitrogens is 2. The van der Waals surface area contributed by atoms with Gasteiger partial charge in [0.15, 0.2) is 5.82 Å². The van der Waals surface area contributed by atoms with E-state index in [4.69, 9.17) is 0 Å². The maximum atomic E-state index is 11.1. The van der Waals surface area contributed by atoms with Crippen molar-refractivity contribution >= 4 is 27.5 Å². The highest BCUT2D eigenvalue weighted by Crippen LogP contribution is 2.20. The number of carbonyl (C=O) groups is 1. The minimum atomic E-state index is 0.0984. The van der Waals surface area contributed by atoms with Crippen molar-refractivity contribution in [2.75, 3.05) is 18.5 Å². The summed E-state index contributed by atoms with van der Waals surface area (Å²) in [5, 5.41) is 8.33. The molecule has 0 spiro atoms. The number of Topliss-reactive ketones (excluding diaryl/α,β-unsaturated/α-hetero) is 1. The SMILES string of the molecule is CC(=O)CN(C)c1ccc(-c2ccc(Br)cc2)nn1. The molecule has 2 aromatic rings. The van der Waals surface area contributed by atoms with Crippen molar-refractivity contribution in [1.82, 2.24) is 10.2 Å². The van der Waals surface area contributed by atoms with Gasteiger partial charge in [-0.3, -0.25) is 4.79 Å². The molecule has 98 valence electrons. The van der Waals surface area contributed by atoms with Crippen LogP contribution >= 0.6 is 15.9 Å². The van der Waals surface area contributed by atoms with Crippen molar-refractivity contribution in [1.29, 1.82) is 0 Å². The second-order valence-corrected chi connectivity index (χ2v) is 5.26. The molecule has 4 nitrogen and oxygen atoms in total. The molecule has 0 atom stereocenters. The Balaban J connectivity index is 2.18. The molecule has 1 aromatic heterocycles. The fraction of sp³-hybridized carbons (Fsp3) is 0.214. The van der Waals surface area contributed by atoms with Crippen molar-refractivity contribution in [3.05, 3.63) is 40.9 Å². The molecule has 0 saturated heterocycles. The lowest BCUT2D eigenvalue weighted by atomic mass is 10.1. The summed E-state index contributed by atoms with van der Waals surface area (Å²) in [4.78, 5) is 12.8. The van der Waals surface area contributed by atoms with Crippen molar-refractivity contribution < 1.29 is 4.79 Å². The molecular formula is C14H14BrN3O. The molecule has 19 heavy (non-hydrogen) atoms. The molecule has 0 N–H and O–H groups in total. The molecular weight excluding hydrogens is 306 g/mol. The number of ketones is 1. The zero-order valence-corrected chi connectivity index (χ0v) is 12.4. The molecule has 1 aromatic carbocycles. The average Bonchev–Trinajstić information content (AvgIpc) is 2.39. The zero-order chi connectivity index (χ0) is 13.8. The number of hydrogen-bond donors (Lipinski definition) is 0. The monoisotopic (exact) mass is 319 g/mol. The van der Waals surface area contributed by atoms with Crippen LogP contribution in [0.2, 0.25) is 0 Å². The summed E-state index contributed by atoms with van der Waals surface area (Å²) in [7, 11) is 1.82. The van der Waals surface area contributed by atoms with E-state index in [2.05, 4.69) is 26.1 Å². The van der Waals surface area contributed by atoms with Crippen molar-refractivity contribution in [2.45, 2.75) is 6.92 Å². The van der Waals surface area contributed by atoms with Gasteiger partial charge in [-0.25, -0.2) is 0 Å². The van der Waals surface area contributed by atoms with Crippen LogP contribution in [-0.4, -0.2) is 29.6 Å².